The smallest absolute Gasteiger partial charge is 0.0191 e. The number of halogens is 2. The molecule has 0 amide bonds. The van der Waals surface area contributed by atoms with Gasteiger partial charge in [0.05, 0.1) is 0 Å². The Bertz CT molecular complexity index is 70.4. The van der Waals surface area contributed by atoms with Gasteiger partial charge < -0.3 is 5.32 Å². The van der Waals surface area contributed by atoms with Crippen LogP contribution in [0.3, 0.4) is 0 Å². The molecule has 0 aliphatic carbocycles. The molecule has 0 radical (unpaired) electrons. The van der Waals surface area contributed by atoms with Crippen molar-refractivity contribution >= 4 is 60.6 Å². The van der Waals surface area contributed by atoms with Crippen molar-refractivity contribution in [1.82, 2.24) is 14.8 Å². The minimum absolute atomic E-state index is 1.02. The van der Waals surface area contributed by atoms with Crippen molar-refractivity contribution in [3.63, 3.8) is 0 Å². The van der Waals surface area contributed by atoms with Crippen LogP contribution in [0.4, 0.5) is 0 Å². The molecule has 0 spiro atoms. The minimum Gasteiger partial charge on any atom is -0.314 e. The largest absolute Gasteiger partial charge is 0.314 e. The normalized spacial score (nSPS) is 10.4. The molecule has 0 rings (SSSR count). The molecule has 0 aromatic rings. The number of rotatable bonds is 8. The zero-order valence-corrected chi connectivity index (χ0v) is 11.8. The fourth-order valence-electron chi connectivity index (χ4n) is 0.481. The van der Waals surface area contributed by atoms with Gasteiger partial charge in [-0.3, -0.25) is 9.44 Å². The highest BCUT2D eigenvalue weighted by molar-refractivity contribution is 14.2. The maximum absolute atomic E-state index is 3.30. The summed E-state index contributed by atoms with van der Waals surface area (Å²) >= 11 is 4.45. The quantitative estimate of drug-likeness (QED) is 0.318. The van der Waals surface area contributed by atoms with Gasteiger partial charge in [0.15, 0.2) is 0 Å². The summed E-state index contributed by atoms with van der Waals surface area (Å²) in [6.07, 6.45) is 0. The van der Waals surface area contributed by atoms with Gasteiger partial charge in [0.25, 0.3) is 0 Å². The second-order valence-corrected chi connectivity index (χ2v) is 5.22. The Morgan fingerprint density at radius 2 is 1.27 bits per heavy atom. The van der Waals surface area contributed by atoms with E-state index in [1.54, 1.807) is 18.2 Å². The van der Waals surface area contributed by atoms with Gasteiger partial charge in [-0.25, -0.2) is 0 Å². The van der Waals surface area contributed by atoms with Gasteiger partial charge in [0, 0.05) is 68.6 Å². The lowest BCUT2D eigenvalue weighted by Crippen LogP contribution is -2.28. The van der Waals surface area contributed by atoms with E-state index in [2.05, 4.69) is 57.2 Å². The van der Waals surface area contributed by atoms with E-state index in [0.29, 0.717) is 0 Å². The number of nitrogens with one attached hydrogen (secondary N) is 3. The Morgan fingerprint density at radius 3 is 1.64 bits per heavy atom. The molecule has 3 nitrogen and oxygen atoms in total. The molecule has 0 unspecified atom stereocenters. The molecule has 3 N–H and O–H groups in total. The first kappa shape index (κ1) is 13.0. The van der Waals surface area contributed by atoms with Crippen molar-refractivity contribution in [3.8, 4) is 0 Å². The van der Waals surface area contributed by atoms with Gasteiger partial charge >= 0.3 is 0 Å². The van der Waals surface area contributed by atoms with E-state index < -0.39 is 0 Å². The van der Waals surface area contributed by atoms with Crippen LogP contribution in [0, 0.1) is 0 Å². The van der Waals surface area contributed by atoms with Crippen molar-refractivity contribution in [2.24, 2.45) is 0 Å². The monoisotopic (exact) mass is 419 g/mol. The Kier molecular flexibility index (Phi) is 14.3. The summed E-state index contributed by atoms with van der Waals surface area (Å²) in [4.78, 5) is 0. The maximum Gasteiger partial charge on any atom is 0.0191 e. The molecule has 11 heavy (non-hydrogen) atoms. The zero-order chi connectivity index (χ0) is 8.36. The molecule has 0 heterocycles. The molecule has 0 saturated carbocycles. The van der Waals surface area contributed by atoms with Crippen LogP contribution in [0.5, 0.6) is 0 Å². The Hall–Kier alpha value is 2.04. The molecule has 68 valence electrons. The lowest BCUT2D eigenvalue weighted by molar-refractivity contribution is 0.674. The lowest BCUT2D eigenvalue weighted by atomic mass is 10.6. The average Bonchev–Trinajstić information content (AvgIpc) is 2.03. The Labute approximate surface area is 100 Å². The van der Waals surface area contributed by atoms with Gasteiger partial charge in [0.2, 0.25) is 0 Å². The molecular weight excluding hydrogens is 408 g/mol. The van der Waals surface area contributed by atoms with E-state index in [1.807, 2.05) is 0 Å². The molecule has 0 aromatic heterocycles. The van der Waals surface area contributed by atoms with Crippen LogP contribution in [0.2, 0.25) is 0 Å². The Morgan fingerprint density at radius 1 is 0.818 bits per heavy atom. The molecule has 0 aromatic carbocycles. The minimum atomic E-state index is 1.02. The van der Waals surface area contributed by atoms with Crippen LogP contribution < -0.4 is 14.8 Å². The van der Waals surface area contributed by atoms with Gasteiger partial charge in [-0.2, -0.15) is 0 Å². The molecular formula is C4H11I2N3S2. The molecule has 0 aliphatic rings. The molecule has 0 fully saturated rings. The SMILES string of the molecule is ISNCCNCCNSI. The average molecular weight is 419 g/mol. The first-order chi connectivity index (χ1) is 5.41. The van der Waals surface area contributed by atoms with E-state index in [0.717, 1.165) is 26.2 Å². The number of hydrogen-bond acceptors (Lipinski definition) is 5. The van der Waals surface area contributed by atoms with E-state index in [-0.39, 0.29) is 0 Å². The lowest BCUT2D eigenvalue weighted by Gasteiger charge is -2.03. The molecule has 0 saturated heterocycles. The molecule has 0 aliphatic heterocycles. The summed E-state index contributed by atoms with van der Waals surface area (Å²) in [7, 11) is 3.26. The van der Waals surface area contributed by atoms with Crippen molar-refractivity contribution in [1.29, 1.82) is 0 Å². The van der Waals surface area contributed by atoms with Crippen LogP contribution >= 0.6 is 60.6 Å². The predicted octanol–water partition coefficient (Wildman–Crippen LogP) is 1.75. The van der Waals surface area contributed by atoms with Gasteiger partial charge in [-0.05, 0) is 18.2 Å². The second kappa shape index (κ2) is 12.0. The molecule has 0 bridgehead atoms. The summed E-state index contributed by atoms with van der Waals surface area (Å²) in [5.41, 5.74) is 0. The van der Waals surface area contributed by atoms with Crippen molar-refractivity contribution in [2.75, 3.05) is 26.2 Å². The summed E-state index contributed by atoms with van der Waals surface area (Å²) < 4.78 is 6.31. The third kappa shape index (κ3) is 12.0. The third-order valence-electron chi connectivity index (χ3n) is 0.917. The highest BCUT2D eigenvalue weighted by atomic mass is 127. The topological polar surface area (TPSA) is 36.1 Å². The van der Waals surface area contributed by atoms with E-state index in [9.17, 15) is 0 Å². The molecule has 7 heteroatoms. The summed E-state index contributed by atoms with van der Waals surface area (Å²) in [6, 6.07) is 0. The maximum atomic E-state index is 3.30. The second-order valence-electron chi connectivity index (χ2n) is 1.69. The van der Waals surface area contributed by atoms with Gasteiger partial charge in [-0.15, -0.1) is 0 Å². The van der Waals surface area contributed by atoms with E-state index in [4.69, 9.17) is 0 Å². The van der Waals surface area contributed by atoms with Crippen molar-refractivity contribution in [2.45, 2.75) is 0 Å². The highest BCUT2D eigenvalue weighted by Gasteiger charge is 1.86. The van der Waals surface area contributed by atoms with Crippen LogP contribution in [0.1, 0.15) is 0 Å². The van der Waals surface area contributed by atoms with Gasteiger partial charge in [0.1, 0.15) is 0 Å². The van der Waals surface area contributed by atoms with Crippen LogP contribution in [0.25, 0.3) is 0 Å². The third-order valence-corrected chi connectivity index (χ3v) is 3.41. The summed E-state index contributed by atoms with van der Waals surface area (Å²) in [5, 5.41) is 3.30. The molecule has 0 atom stereocenters. The standard InChI is InChI=1S/C4H11I2N3S2/c5-10-8-3-1-7-2-4-9-11-6/h7-9H,1-4H2. The van der Waals surface area contributed by atoms with E-state index >= 15 is 0 Å². The van der Waals surface area contributed by atoms with Crippen molar-refractivity contribution < 1.29 is 0 Å². The first-order valence-electron chi connectivity index (χ1n) is 3.13. The highest BCUT2D eigenvalue weighted by Crippen LogP contribution is 2.02. The first-order valence-corrected chi connectivity index (χ1v) is 9.85. The zero-order valence-electron chi connectivity index (χ0n) is 5.90. The summed E-state index contributed by atoms with van der Waals surface area (Å²) in [5.74, 6) is 0. The Balaban J connectivity index is 2.69. The van der Waals surface area contributed by atoms with Crippen LogP contribution in [0.15, 0.2) is 0 Å². The van der Waals surface area contributed by atoms with Crippen LogP contribution in [-0.2, 0) is 0 Å². The van der Waals surface area contributed by atoms with Crippen molar-refractivity contribution in [3.05, 3.63) is 0 Å². The van der Waals surface area contributed by atoms with Crippen LogP contribution in [-0.4, -0.2) is 26.2 Å². The fourth-order valence-corrected chi connectivity index (χ4v) is 2.16. The predicted molar refractivity (Wildman–Crippen MR) is 72.1 cm³/mol. The van der Waals surface area contributed by atoms with Gasteiger partial charge in [-0.1, -0.05) is 0 Å². The summed E-state index contributed by atoms with van der Waals surface area (Å²) in [6.45, 7) is 4.10. The van der Waals surface area contributed by atoms with E-state index in [1.165, 1.54) is 0 Å². The fraction of sp³-hybridized carbons (Fsp3) is 1.00. The number of hydrogen-bond donors (Lipinski definition) is 3.